The quantitative estimate of drug-likeness (QED) is 0.573. The molecule has 1 aliphatic rings. The van der Waals surface area contributed by atoms with Crippen LogP contribution >= 0.6 is 0 Å². The molecular weight excluding hydrogens is 154 g/mol. The van der Waals surface area contributed by atoms with Crippen LogP contribution in [0.1, 0.15) is 13.8 Å². The number of allylic oxidation sites excluding steroid dienone is 2. The molecule has 0 aromatic heterocycles. The van der Waals surface area contributed by atoms with Crippen molar-refractivity contribution < 1.29 is 9.53 Å². The van der Waals surface area contributed by atoms with Crippen LogP contribution in [0.5, 0.6) is 0 Å². The van der Waals surface area contributed by atoms with E-state index in [-0.39, 0.29) is 5.78 Å². The summed E-state index contributed by atoms with van der Waals surface area (Å²) >= 11 is 0. The molecule has 0 aromatic rings. The number of ether oxygens (including phenoxy) is 1. The third-order valence-corrected chi connectivity index (χ3v) is 1.99. The fourth-order valence-corrected chi connectivity index (χ4v) is 1.41. The molecule has 0 aliphatic carbocycles. The summed E-state index contributed by atoms with van der Waals surface area (Å²) in [6.45, 7) is 6.62. The van der Waals surface area contributed by atoms with E-state index in [1.807, 2.05) is 13.0 Å². The zero-order valence-corrected chi connectivity index (χ0v) is 7.67. The Morgan fingerprint density at radius 2 is 2.00 bits per heavy atom. The molecule has 1 heterocycles. The molecule has 1 rings (SSSR count). The molecule has 0 radical (unpaired) electrons. The lowest BCUT2D eigenvalue weighted by Crippen LogP contribution is -2.37. The van der Waals surface area contributed by atoms with E-state index in [9.17, 15) is 4.79 Å². The normalized spacial score (nSPS) is 19.5. The van der Waals surface area contributed by atoms with Crippen LogP contribution in [0.15, 0.2) is 11.8 Å². The zero-order valence-electron chi connectivity index (χ0n) is 7.67. The highest BCUT2D eigenvalue weighted by molar-refractivity contribution is 5.92. The van der Waals surface area contributed by atoms with Gasteiger partial charge in [0.05, 0.1) is 18.9 Å². The van der Waals surface area contributed by atoms with E-state index in [0.29, 0.717) is 0 Å². The first-order valence-electron chi connectivity index (χ1n) is 4.25. The van der Waals surface area contributed by atoms with Crippen LogP contribution in [0.25, 0.3) is 0 Å². The molecule has 1 fully saturated rings. The van der Waals surface area contributed by atoms with Crippen LogP contribution in [0.2, 0.25) is 0 Å². The maximum atomic E-state index is 11.1. The summed E-state index contributed by atoms with van der Waals surface area (Å²) in [4.78, 5) is 13.2. The van der Waals surface area contributed by atoms with Crippen molar-refractivity contribution in [3.63, 3.8) is 0 Å². The Bertz CT molecular complexity index is 193. The molecule has 0 saturated carbocycles. The molecule has 0 N–H and O–H groups in total. The lowest BCUT2D eigenvalue weighted by molar-refractivity contribution is -0.115. The van der Waals surface area contributed by atoms with Crippen LogP contribution in [0, 0.1) is 0 Å². The highest BCUT2D eigenvalue weighted by Gasteiger charge is 2.15. The minimum Gasteiger partial charge on any atom is -0.378 e. The molecule has 1 aliphatic heterocycles. The lowest BCUT2D eigenvalue weighted by Gasteiger charge is -2.29. The Balaban J connectivity index is 2.59. The molecule has 3 heteroatoms. The van der Waals surface area contributed by atoms with Crippen LogP contribution in [-0.4, -0.2) is 37.0 Å². The molecule has 0 spiro atoms. The summed E-state index contributed by atoms with van der Waals surface area (Å²) in [7, 11) is 0. The Labute approximate surface area is 73.0 Å². The number of carbonyl (C=O) groups is 1. The average molecular weight is 169 g/mol. The third kappa shape index (κ3) is 2.08. The monoisotopic (exact) mass is 169 g/mol. The summed E-state index contributed by atoms with van der Waals surface area (Å²) in [5.41, 5.74) is 0.818. The van der Waals surface area contributed by atoms with E-state index < -0.39 is 0 Å². The van der Waals surface area contributed by atoms with Gasteiger partial charge in [0.2, 0.25) is 0 Å². The summed E-state index contributed by atoms with van der Waals surface area (Å²) in [6, 6.07) is 0. The highest BCUT2D eigenvalue weighted by atomic mass is 16.5. The van der Waals surface area contributed by atoms with E-state index in [0.717, 1.165) is 32.0 Å². The van der Waals surface area contributed by atoms with E-state index in [1.165, 1.54) is 0 Å². The van der Waals surface area contributed by atoms with Gasteiger partial charge in [-0.3, -0.25) is 4.79 Å². The predicted molar refractivity (Wildman–Crippen MR) is 46.8 cm³/mol. The molecule has 68 valence electrons. The van der Waals surface area contributed by atoms with Crippen molar-refractivity contribution in [3.05, 3.63) is 11.8 Å². The van der Waals surface area contributed by atoms with Crippen molar-refractivity contribution in [2.24, 2.45) is 0 Å². The third-order valence-electron chi connectivity index (χ3n) is 1.99. The second kappa shape index (κ2) is 4.26. The molecule has 0 aromatic carbocycles. The van der Waals surface area contributed by atoms with Crippen LogP contribution in [-0.2, 0) is 9.53 Å². The number of Topliss-reactive ketones (excluding diaryl/α,β-unsaturated/α-hetero) is 1. The summed E-state index contributed by atoms with van der Waals surface area (Å²) in [6.07, 6.45) is 1.87. The van der Waals surface area contributed by atoms with Gasteiger partial charge >= 0.3 is 0 Å². The number of ketones is 1. The second-order valence-corrected chi connectivity index (χ2v) is 2.83. The zero-order chi connectivity index (χ0) is 8.97. The maximum absolute atomic E-state index is 11.1. The SMILES string of the molecule is C/C=C(\C(C)=O)N1CCOCC1. The Morgan fingerprint density at radius 1 is 1.42 bits per heavy atom. The molecule has 3 nitrogen and oxygen atoms in total. The van der Waals surface area contributed by atoms with Gasteiger partial charge in [-0.25, -0.2) is 0 Å². The van der Waals surface area contributed by atoms with Crippen molar-refractivity contribution >= 4 is 5.78 Å². The van der Waals surface area contributed by atoms with Gasteiger partial charge in [0.15, 0.2) is 5.78 Å². The fourth-order valence-electron chi connectivity index (χ4n) is 1.41. The maximum Gasteiger partial charge on any atom is 0.175 e. The van der Waals surface area contributed by atoms with Crippen molar-refractivity contribution in [2.75, 3.05) is 26.3 Å². The Kier molecular flexibility index (Phi) is 3.29. The van der Waals surface area contributed by atoms with Gasteiger partial charge in [0, 0.05) is 20.0 Å². The Morgan fingerprint density at radius 3 is 2.42 bits per heavy atom. The minimum atomic E-state index is 0.138. The second-order valence-electron chi connectivity index (χ2n) is 2.83. The molecule has 0 amide bonds. The van der Waals surface area contributed by atoms with Crippen LogP contribution in [0.4, 0.5) is 0 Å². The number of hydrogen-bond acceptors (Lipinski definition) is 3. The molecule has 0 bridgehead atoms. The van der Waals surface area contributed by atoms with E-state index >= 15 is 0 Å². The summed E-state index contributed by atoms with van der Waals surface area (Å²) in [5, 5.41) is 0. The van der Waals surface area contributed by atoms with Crippen molar-refractivity contribution in [1.29, 1.82) is 0 Å². The molecule has 0 atom stereocenters. The molecule has 12 heavy (non-hydrogen) atoms. The van der Waals surface area contributed by atoms with Crippen molar-refractivity contribution in [1.82, 2.24) is 4.90 Å². The smallest absolute Gasteiger partial charge is 0.175 e. The standard InChI is InChI=1S/C9H15NO2/c1-3-9(8(2)11)10-4-6-12-7-5-10/h3H,4-7H2,1-2H3/b9-3+. The molecule has 1 saturated heterocycles. The first kappa shape index (κ1) is 9.26. The van der Waals surface area contributed by atoms with Crippen LogP contribution < -0.4 is 0 Å². The number of rotatable bonds is 2. The topological polar surface area (TPSA) is 29.5 Å². The number of morpholine rings is 1. The van der Waals surface area contributed by atoms with Gasteiger partial charge in [0.25, 0.3) is 0 Å². The van der Waals surface area contributed by atoms with E-state index in [1.54, 1.807) is 6.92 Å². The van der Waals surface area contributed by atoms with Gasteiger partial charge in [-0.15, -0.1) is 0 Å². The first-order valence-corrected chi connectivity index (χ1v) is 4.25. The van der Waals surface area contributed by atoms with Gasteiger partial charge in [0.1, 0.15) is 0 Å². The van der Waals surface area contributed by atoms with Gasteiger partial charge in [-0.1, -0.05) is 6.08 Å². The number of carbonyl (C=O) groups excluding carboxylic acids is 1. The fraction of sp³-hybridized carbons (Fsp3) is 0.667. The Hall–Kier alpha value is -0.830. The largest absolute Gasteiger partial charge is 0.378 e. The van der Waals surface area contributed by atoms with E-state index in [4.69, 9.17) is 4.74 Å². The van der Waals surface area contributed by atoms with Crippen molar-refractivity contribution in [3.8, 4) is 0 Å². The van der Waals surface area contributed by atoms with Gasteiger partial charge < -0.3 is 9.64 Å². The van der Waals surface area contributed by atoms with Gasteiger partial charge in [-0.05, 0) is 6.92 Å². The number of nitrogens with zero attached hydrogens (tertiary/aromatic N) is 1. The summed E-state index contributed by atoms with van der Waals surface area (Å²) in [5.74, 6) is 0.138. The van der Waals surface area contributed by atoms with Crippen LogP contribution in [0.3, 0.4) is 0 Å². The molecule has 0 unspecified atom stereocenters. The average Bonchev–Trinajstić information content (AvgIpc) is 2.07. The minimum absolute atomic E-state index is 0.138. The van der Waals surface area contributed by atoms with E-state index in [2.05, 4.69) is 4.90 Å². The molecular formula is C9H15NO2. The first-order chi connectivity index (χ1) is 5.75. The predicted octanol–water partition coefficient (Wildman–Crippen LogP) is 0.811. The number of hydrogen-bond donors (Lipinski definition) is 0. The summed E-state index contributed by atoms with van der Waals surface area (Å²) < 4.78 is 5.19. The highest BCUT2D eigenvalue weighted by Crippen LogP contribution is 2.08. The lowest BCUT2D eigenvalue weighted by atomic mass is 10.2. The van der Waals surface area contributed by atoms with Crippen molar-refractivity contribution in [2.45, 2.75) is 13.8 Å². The van der Waals surface area contributed by atoms with Gasteiger partial charge in [-0.2, -0.15) is 0 Å².